The van der Waals surface area contributed by atoms with Crippen LogP contribution in [-0.2, 0) is 4.74 Å². The third kappa shape index (κ3) is 4.17. The number of aromatic nitrogens is 1. The summed E-state index contributed by atoms with van der Waals surface area (Å²) in [5.74, 6) is 1.32. The van der Waals surface area contributed by atoms with Gasteiger partial charge in [-0.1, -0.05) is 0 Å². The number of carbonyl (C=O) groups excluding carboxylic acids is 1. The lowest BCUT2D eigenvalue weighted by Crippen LogP contribution is -2.41. The van der Waals surface area contributed by atoms with Crippen LogP contribution in [0.3, 0.4) is 0 Å². The zero-order chi connectivity index (χ0) is 15.2. The Hall–Kier alpha value is -1.62. The van der Waals surface area contributed by atoms with Crippen LogP contribution < -0.4 is 5.32 Å². The monoisotopic (exact) mass is 291 g/mol. The maximum atomic E-state index is 12.7. The molecule has 21 heavy (non-hydrogen) atoms. The molecule has 5 heteroatoms. The maximum Gasteiger partial charge on any atom is 0.254 e. The number of amides is 1. The van der Waals surface area contributed by atoms with Crippen LogP contribution in [0.2, 0.25) is 0 Å². The summed E-state index contributed by atoms with van der Waals surface area (Å²) < 4.78 is 5.23. The van der Waals surface area contributed by atoms with Gasteiger partial charge in [-0.15, -0.1) is 0 Å². The quantitative estimate of drug-likeness (QED) is 0.904. The van der Waals surface area contributed by atoms with E-state index in [4.69, 9.17) is 4.74 Å². The fourth-order valence-electron chi connectivity index (χ4n) is 2.87. The summed E-state index contributed by atoms with van der Waals surface area (Å²) in [5.41, 5.74) is 1.58. The van der Waals surface area contributed by atoms with Crippen LogP contribution in [0.4, 0.5) is 5.82 Å². The second-order valence-electron chi connectivity index (χ2n) is 5.63. The van der Waals surface area contributed by atoms with Crippen molar-refractivity contribution in [3.05, 3.63) is 23.4 Å². The van der Waals surface area contributed by atoms with Crippen molar-refractivity contribution in [3.63, 3.8) is 0 Å². The molecule has 0 radical (unpaired) electrons. The highest BCUT2D eigenvalue weighted by Gasteiger charge is 2.24. The minimum atomic E-state index is 0.0976. The molecular weight excluding hydrogens is 266 g/mol. The maximum absolute atomic E-state index is 12.7. The first-order valence-electron chi connectivity index (χ1n) is 7.64. The molecule has 1 amide bonds. The summed E-state index contributed by atoms with van der Waals surface area (Å²) in [6.07, 6.45) is 2.18. The predicted octanol–water partition coefficient (Wildman–Crippen LogP) is 2.32. The first-order chi connectivity index (χ1) is 10.1. The SMILES string of the molecule is CCNc1cc(C(=O)N2CCCC(COC)C2)cc(C)n1. The summed E-state index contributed by atoms with van der Waals surface area (Å²) in [4.78, 5) is 19.0. The van der Waals surface area contributed by atoms with Crippen molar-refractivity contribution in [1.82, 2.24) is 9.88 Å². The van der Waals surface area contributed by atoms with Crippen LogP contribution in [0, 0.1) is 12.8 Å². The first-order valence-corrected chi connectivity index (χ1v) is 7.64. The molecule has 1 aliphatic heterocycles. The van der Waals surface area contributed by atoms with Crippen LogP contribution in [0.1, 0.15) is 35.8 Å². The predicted molar refractivity (Wildman–Crippen MR) is 83.6 cm³/mol. The lowest BCUT2D eigenvalue weighted by molar-refractivity contribution is 0.0571. The molecule has 0 aromatic carbocycles. The Morgan fingerprint density at radius 3 is 3.05 bits per heavy atom. The van der Waals surface area contributed by atoms with Gasteiger partial charge in [0.1, 0.15) is 5.82 Å². The molecule has 5 nitrogen and oxygen atoms in total. The number of pyridine rings is 1. The fourth-order valence-corrected chi connectivity index (χ4v) is 2.87. The number of nitrogens with one attached hydrogen (secondary N) is 1. The number of hydrogen-bond donors (Lipinski definition) is 1. The van der Waals surface area contributed by atoms with E-state index in [2.05, 4.69) is 10.3 Å². The number of ether oxygens (including phenoxy) is 1. The van der Waals surface area contributed by atoms with E-state index < -0.39 is 0 Å². The van der Waals surface area contributed by atoms with E-state index in [-0.39, 0.29) is 5.91 Å². The minimum absolute atomic E-state index is 0.0976. The molecular formula is C16H25N3O2. The van der Waals surface area contributed by atoms with E-state index in [9.17, 15) is 4.79 Å². The van der Waals surface area contributed by atoms with E-state index in [0.717, 1.165) is 56.2 Å². The van der Waals surface area contributed by atoms with E-state index in [1.54, 1.807) is 7.11 Å². The molecule has 1 unspecified atom stereocenters. The van der Waals surface area contributed by atoms with Gasteiger partial charge in [0.25, 0.3) is 5.91 Å². The number of aryl methyl sites for hydroxylation is 1. The zero-order valence-electron chi connectivity index (χ0n) is 13.2. The Morgan fingerprint density at radius 2 is 2.33 bits per heavy atom. The van der Waals surface area contributed by atoms with Crippen LogP contribution in [-0.4, -0.2) is 49.1 Å². The number of rotatable bonds is 5. The minimum Gasteiger partial charge on any atom is -0.384 e. The second kappa shape index (κ2) is 7.41. The average molecular weight is 291 g/mol. The van der Waals surface area contributed by atoms with Gasteiger partial charge >= 0.3 is 0 Å². The molecule has 2 heterocycles. The lowest BCUT2D eigenvalue weighted by Gasteiger charge is -2.32. The van der Waals surface area contributed by atoms with Crippen molar-refractivity contribution in [1.29, 1.82) is 0 Å². The largest absolute Gasteiger partial charge is 0.384 e. The normalized spacial score (nSPS) is 18.6. The van der Waals surface area contributed by atoms with Crippen molar-refractivity contribution in [3.8, 4) is 0 Å². The van der Waals surface area contributed by atoms with Crippen molar-refractivity contribution in [2.24, 2.45) is 5.92 Å². The van der Waals surface area contributed by atoms with E-state index in [1.165, 1.54) is 0 Å². The number of hydrogen-bond acceptors (Lipinski definition) is 4. The fraction of sp³-hybridized carbons (Fsp3) is 0.625. The molecule has 2 rings (SSSR count). The summed E-state index contributed by atoms with van der Waals surface area (Å²) in [6.45, 7) is 7.07. The summed E-state index contributed by atoms with van der Waals surface area (Å²) >= 11 is 0. The Bertz CT molecular complexity index is 488. The molecule has 1 atom stereocenters. The van der Waals surface area contributed by atoms with Gasteiger partial charge in [-0.25, -0.2) is 4.98 Å². The molecule has 1 fully saturated rings. The first kappa shape index (κ1) is 15.8. The van der Waals surface area contributed by atoms with Crippen molar-refractivity contribution in [2.45, 2.75) is 26.7 Å². The van der Waals surface area contributed by atoms with Crippen molar-refractivity contribution < 1.29 is 9.53 Å². The second-order valence-corrected chi connectivity index (χ2v) is 5.63. The molecule has 0 bridgehead atoms. The standard InChI is InChI=1S/C16H25N3O2/c1-4-17-15-9-14(8-12(2)18-15)16(20)19-7-5-6-13(10-19)11-21-3/h8-9,13H,4-7,10-11H2,1-3H3,(H,17,18). The average Bonchev–Trinajstić information content (AvgIpc) is 2.47. The molecule has 0 saturated carbocycles. The van der Waals surface area contributed by atoms with Gasteiger partial charge < -0.3 is 15.0 Å². The third-order valence-electron chi connectivity index (χ3n) is 3.77. The van der Waals surface area contributed by atoms with Gasteiger partial charge in [0.05, 0.1) is 6.61 Å². The van der Waals surface area contributed by atoms with E-state index >= 15 is 0 Å². The highest BCUT2D eigenvalue weighted by molar-refractivity contribution is 5.95. The smallest absolute Gasteiger partial charge is 0.254 e. The van der Waals surface area contributed by atoms with E-state index in [0.29, 0.717) is 5.92 Å². The molecule has 1 aliphatic rings. The van der Waals surface area contributed by atoms with Crippen LogP contribution in [0.5, 0.6) is 0 Å². The highest BCUT2D eigenvalue weighted by atomic mass is 16.5. The molecule has 0 aliphatic carbocycles. The van der Waals surface area contributed by atoms with Gasteiger partial charge in [0.15, 0.2) is 0 Å². The van der Waals surface area contributed by atoms with Gasteiger partial charge in [0, 0.05) is 38.0 Å². The number of piperidine rings is 1. The third-order valence-corrected chi connectivity index (χ3v) is 3.77. The Morgan fingerprint density at radius 1 is 1.52 bits per heavy atom. The molecule has 1 saturated heterocycles. The molecule has 0 spiro atoms. The number of anilines is 1. The highest BCUT2D eigenvalue weighted by Crippen LogP contribution is 2.20. The van der Waals surface area contributed by atoms with Gasteiger partial charge in [-0.2, -0.15) is 0 Å². The van der Waals surface area contributed by atoms with Crippen LogP contribution in [0.15, 0.2) is 12.1 Å². The topological polar surface area (TPSA) is 54.5 Å². The van der Waals surface area contributed by atoms with Crippen molar-refractivity contribution >= 4 is 11.7 Å². The van der Waals surface area contributed by atoms with E-state index in [1.807, 2.05) is 30.9 Å². The summed E-state index contributed by atoms with van der Waals surface area (Å²) in [7, 11) is 1.72. The van der Waals surface area contributed by atoms with Gasteiger partial charge in [-0.05, 0) is 44.7 Å². The van der Waals surface area contributed by atoms with Gasteiger partial charge in [-0.3, -0.25) is 4.79 Å². The van der Waals surface area contributed by atoms with Crippen molar-refractivity contribution in [2.75, 3.05) is 38.7 Å². The summed E-state index contributed by atoms with van der Waals surface area (Å²) in [6, 6.07) is 3.71. The zero-order valence-corrected chi connectivity index (χ0v) is 13.2. The molecule has 1 aromatic rings. The van der Waals surface area contributed by atoms with Crippen LogP contribution >= 0.6 is 0 Å². The Labute approximate surface area is 126 Å². The molecule has 116 valence electrons. The lowest BCUT2D eigenvalue weighted by atomic mass is 9.98. The number of nitrogens with zero attached hydrogens (tertiary/aromatic N) is 2. The van der Waals surface area contributed by atoms with Gasteiger partial charge in [0.2, 0.25) is 0 Å². The Kier molecular flexibility index (Phi) is 5.56. The molecule has 1 aromatic heterocycles. The van der Waals surface area contributed by atoms with Crippen LogP contribution in [0.25, 0.3) is 0 Å². The Balaban J connectivity index is 2.11. The number of likely N-dealkylation sites (tertiary alicyclic amines) is 1. The number of carbonyl (C=O) groups is 1. The molecule has 1 N–H and O–H groups in total. The summed E-state index contributed by atoms with van der Waals surface area (Å²) in [5, 5.41) is 3.17. The number of methoxy groups -OCH3 is 1.